The molecule has 0 spiro atoms. The van der Waals surface area contributed by atoms with Gasteiger partial charge in [-0.3, -0.25) is 9.20 Å². The average molecular weight is 269 g/mol. The highest BCUT2D eigenvalue weighted by Gasteiger charge is 2.09. The summed E-state index contributed by atoms with van der Waals surface area (Å²) in [6.07, 6.45) is 9.84. The lowest BCUT2D eigenvalue weighted by Crippen LogP contribution is -2.25. The summed E-state index contributed by atoms with van der Waals surface area (Å²) in [5.41, 5.74) is 1.50. The van der Waals surface area contributed by atoms with Crippen LogP contribution in [0.4, 0.5) is 0 Å². The molecule has 3 rings (SSSR count). The molecule has 1 aliphatic carbocycles. The van der Waals surface area contributed by atoms with E-state index in [0.29, 0.717) is 18.1 Å². The number of hydrogen-bond donors (Lipinski definition) is 1. The first kappa shape index (κ1) is 13.1. The summed E-state index contributed by atoms with van der Waals surface area (Å²) in [4.78, 5) is 16.5. The minimum absolute atomic E-state index is 0.0204. The van der Waals surface area contributed by atoms with Gasteiger partial charge < -0.3 is 5.32 Å². The van der Waals surface area contributed by atoms with Gasteiger partial charge in [0.2, 0.25) is 0 Å². The topological polar surface area (TPSA) is 46.4 Å². The number of aromatic nitrogens is 2. The minimum atomic E-state index is -0.0204. The average Bonchev–Trinajstić information content (AvgIpc) is 2.48. The third-order valence-electron chi connectivity index (χ3n) is 3.74. The van der Waals surface area contributed by atoms with Gasteiger partial charge in [-0.15, -0.1) is 0 Å². The summed E-state index contributed by atoms with van der Waals surface area (Å²) >= 11 is 0. The van der Waals surface area contributed by atoms with Crippen molar-refractivity contribution in [2.24, 2.45) is 5.92 Å². The monoisotopic (exact) mass is 269 g/mol. The molecule has 0 aliphatic heterocycles. The molecule has 0 saturated carbocycles. The highest BCUT2D eigenvalue weighted by Crippen LogP contribution is 2.16. The predicted octanol–water partition coefficient (Wildman–Crippen LogP) is 2.14. The quantitative estimate of drug-likeness (QED) is 0.865. The maximum atomic E-state index is 12.0. The molecule has 0 saturated heterocycles. The van der Waals surface area contributed by atoms with Gasteiger partial charge in [0.25, 0.3) is 5.56 Å². The summed E-state index contributed by atoms with van der Waals surface area (Å²) in [7, 11) is 0. The highest BCUT2D eigenvalue weighted by atomic mass is 16.1. The maximum absolute atomic E-state index is 12.0. The fourth-order valence-electron chi connectivity index (χ4n) is 2.64. The Balaban J connectivity index is 1.65. The number of nitrogens with one attached hydrogen (secondary N) is 1. The molecule has 1 atom stereocenters. The Bertz CT molecular complexity index is 675. The van der Waals surface area contributed by atoms with Crippen molar-refractivity contribution in [3.63, 3.8) is 0 Å². The number of nitrogens with zero attached hydrogens (tertiary/aromatic N) is 2. The molecule has 4 heteroatoms. The van der Waals surface area contributed by atoms with E-state index in [1.807, 2.05) is 18.2 Å². The van der Waals surface area contributed by atoms with E-state index in [9.17, 15) is 4.79 Å². The molecule has 1 aliphatic rings. The van der Waals surface area contributed by atoms with E-state index in [4.69, 9.17) is 0 Å². The second kappa shape index (κ2) is 6.01. The van der Waals surface area contributed by atoms with Crippen molar-refractivity contribution in [2.45, 2.75) is 25.8 Å². The van der Waals surface area contributed by atoms with Crippen LogP contribution in [0.3, 0.4) is 0 Å². The minimum Gasteiger partial charge on any atom is -0.311 e. The van der Waals surface area contributed by atoms with Gasteiger partial charge in [0, 0.05) is 18.8 Å². The van der Waals surface area contributed by atoms with Crippen LogP contribution in [0, 0.1) is 5.92 Å². The van der Waals surface area contributed by atoms with Crippen molar-refractivity contribution in [2.75, 3.05) is 6.54 Å². The molecule has 104 valence electrons. The van der Waals surface area contributed by atoms with Crippen LogP contribution in [-0.4, -0.2) is 15.9 Å². The molecule has 0 bridgehead atoms. The number of fused-ring (bicyclic) bond motifs is 1. The van der Waals surface area contributed by atoms with Gasteiger partial charge in [-0.1, -0.05) is 18.2 Å². The lowest BCUT2D eigenvalue weighted by Gasteiger charge is -2.18. The first-order valence-corrected chi connectivity index (χ1v) is 7.16. The van der Waals surface area contributed by atoms with Gasteiger partial charge in [-0.2, -0.15) is 0 Å². The van der Waals surface area contributed by atoms with Crippen LogP contribution in [0.1, 0.15) is 25.0 Å². The third-order valence-corrected chi connectivity index (χ3v) is 3.74. The van der Waals surface area contributed by atoms with Crippen molar-refractivity contribution >= 4 is 5.65 Å². The number of hydrogen-bond acceptors (Lipinski definition) is 3. The molecule has 1 N–H and O–H groups in total. The maximum Gasteiger partial charge on any atom is 0.258 e. The van der Waals surface area contributed by atoms with Crippen LogP contribution < -0.4 is 10.9 Å². The Morgan fingerprint density at radius 3 is 3.15 bits per heavy atom. The fraction of sp³-hybridized carbons (Fsp3) is 0.375. The molecule has 20 heavy (non-hydrogen) atoms. The molecule has 2 heterocycles. The van der Waals surface area contributed by atoms with Crippen molar-refractivity contribution in [1.29, 1.82) is 0 Å². The molecular weight excluding hydrogens is 250 g/mol. The SMILES string of the molecule is O=c1cc(CNCC2CC=CCC2)nc2ccccn12. The van der Waals surface area contributed by atoms with Gasteiger partial charge in [0.1, 0.15) is 5.65 Å². The largest absolute Gasteiger partial charge is 0.311 e. The smallest absolute Gasteiger partial charge is 0.258 e. The molecule has 2 aromatic rings. The molecule has 1 unspecified atom stereocenters. The molecular formula is C16H19N3O. The zero-order valence-electron chi connectivity index (χ0n) is 11.5. The lowest BCUT2D eigenvalue weighted by molar-refractivity contribution is 0.439. The lowest BCUT2D eigenvalue weighted by atomic mass is 9.94. The first-order valence-electron chi connectivity index (χ1n) is 7.16. The second-order valence-electron chi connectivity index (χ2n) is 5.30. The van der Waals surface area contributed by atoms with E-state index in [0.717, 1.165) is 18.7 Å². The highest BCUT2D eigenvalue weighted by molar-refractivity contribution is 5.37. The van der Waals surface area contributed by atoms with E-state index in [-0.39, 0.29) is 5.56 Å². The third kappa shape index (κ3) is 2.96. The van der Waals surface area contributed by atoms with Crippen LogP contribution in [0.15, 0.2) is 47.4 Å². The molecule has 0 radical (unpaired) electrons. The van der Waals surface area contributed by atoms with Crippen LogP contribution >= 0.6 is 0 Å². The van der Waals surface area contributed by atoms with E-state index < -0.39 is 0 Å². The Morgan fingerprint density at radius 2 is 2.30 bits per heavy atom. The van der Waals surface area contributed by atoms with E-state index in [1.54, 1.807) is 16.7 Å². The number of allylic oxidation sites excluding steroid dienone is 2. The fourth-order valence-corrected chi connectivity index (χ4v) is 2.64. The van der Waals surface area contributed by atoms with Gasteiger partial charge >= 0.3 is 0 Å². The molecule has 4 nitrogen and oxygen atoms in total. The van der Waals surface area contributed by atoms with Crippen molar-refractivity contribution in [3.8, 4) is 0 Å². The summed E-state index contributed by atoms with van der Waals surface area (Å²) in [5, 5.41) is 3.42. The molecule has 2 aromatic heterocycles. The van der Waals surface area contributed by atoms with Crippen LogP contribution in [-0.2, 0) is 6.54 Å². The van der Waals surface area contributed by atoms with E-state index in [1.165, 1.54) is 12.8 Å². The normalized spacial score (nSPS) is 18.5. The van der Waals surface area contributed by atoms with Crippen molar-refractivity contribution < 1.29 is 0 Å². The first-order chi connectivity index (χ1) is 9.83. The van der Waals surface area contributed by atoms with Crippen LogP contribution in [0.25, 0.3) is 5.65 Å². The Hall–Kier alpha value is -1.94. The zero-order valence-corrected chi connectivity index (χ0v) is 11.5. The summed E-state index contributed by atoms with van der Waals surface area (Å²) in [6.45, 7) is 1.64. The van der Waals surface area contributed by atoms with Gasteiger partial charge in [-0.25, -0.2) is 4.98 Å². The summed E-state index contributed by atoms with van der Waals surface area (Å²) in [6, 6.07) is 7.20. The number of pyridine rings is 1. The van der Waals surface area contributed by atoms with E-state index >= 15 is 0 Å². The zero-order chi connectivity index (χ0) is 13.8. The van der Waals surface area contributed by atoms with Gasteiger partial charge in [0.15, 0.2) is 0 Å². The standard InChI is InChI=1S/C16H19N3O/c20-16-10-14(18-15-8-4-5-9-19(15)16)12-17-11-13-6-2-1-3-7-13/h1-2,4-5,8-10,13,17H,3,6-7,11-12H2. The summed E-state index contributed by atoms with van der Waals surface area (Å²) in [5.74, 6) is 0.710. The Labute approximate surface area is 118 Å². The van der Waals surface area contributed by atoms with Crippen LogP contribution in [0.5, 0.6) is 0 Å². The van der Waals surface area contributed by atoms with E-state index in [2.05, 4.69) is 22.5 Å². The van der Waals surface area contributed by atoms with Crippen molar-refractivity contribution in [3.05, 3.63) is 58.7 Å². The summed E-state index contributed by atoms with van der Waals surface area (Å²) < 4.78 is 1.56. The second-order valence-corrected chi connectivity index (χ2v) is 5.30. The molecule has 0 amide bonds. The predicted molar refractivity (Wildman–Crippen MR) is 79.6 cm³/mol. The molecule has 0 aromatic carbocycles. The van der Waals surface area contributed by atoms with Gasteiger partial charge in [-0.05, 0) is 43.9 Å². The number of rotatable bonds is 4. The van der Waals surface area contributed by atoms with Gasteiger partial charge in [0.05, 0.1) is 5.69 Å². The Kier molecular flexibility index (Phi) is 3.92. The van der Waals surface area contributed by atoms with Crippen molar-refractivity contribution in [1.82, 2.24) is 14.7 Å². The Morgan fingerprint density at radius 1 is 1.35 bits per heavy atom. The molecule has 0 fully saturated rings. The van der Waals surface area contributed by atoms with Crippen LogP contribution in [0.2, 0.25) is 0 Å².